The summed E-state index contributed by atoms with van der Waals surface area (Å²) in [5.74, 6) is 0.865. The predicted octanol–water partition coefficient (Wildman–Crippen LogP) is 3.21. The quantitative estimate of drug-likeness (QED) is 0.905. The maximum absolute atomic E-state index is 4.31. The second kappa shape index (κ2) is 5.91. The zero-order valence-corrected chi connectivity index (χ0v) is 12.7. The van der Waals surface area contributed by atoms with Crippen LogP contribution in [0.4, 0.5) is 5.69 Å². The first-order valence-corrected chi connectivity index (χ1v) is 7.38. The lowest BCUT2D eigenvalue weighted by Gasteiger charge is -2.33. The van der Waals surface area contributed by atoms with E-state index in [0.29, 0.717) is 0 Å². The molecule has 1 N–H and O–H groups in total. The van der Waals surface area contributed by atoms with Gasteiger partial charge in [0.2, 0.25) is 0 Å². The average Bonchev–Trinajstić information content (AvgIpc) is 2.37. The summed E-state index contributed by atoms with van der Waals surface area (Å²) in [5, 5.41) is 3.57. The van der Waals surface area contributed by atoms with Gasteiger partial charge in [-0.05, 0) is 51.2 Å². The summed E-state index contributed by atoms with van der Waals surface area (Å²) in [5.41, 5.74) is 2.82. The molecule has 106 valence electrons. The van der Waals surface area contributed by atoms with E-state index in [1.807, 2.05) is 12.4 Å². The molecule has 1 aliphatic rings. The molecule has 0 atom stereocenters. The first kappa shape index (κ1) is 14.3. The van der Waals surface area contributed by atoms with Crippen LogP contribution in [0.3, 0.4) is 0 Å². The van der Waals surface area contributed by atoms with Crippen molar-refractivity contribution in [2.75, 3.05) is 18.0 Å². The van der Waals surface area contributed by atoms with Gasteiger partial charge in [-0.2, -0.15) is 0 Å². The first-order chi connectivity index (χ1) is 8.96. The summed E-state index contributed by atoms with van der Waals surface area (Å²) in [6.45, 7) is 12.2. The molecule has 0 unspecified atom stereocenters. The Labute approximate surface area is 117 Å². The number of aromatic nitrogens is 1. The molecule has 1 aliphatic heterocycles. The number of nitrogens with zero attached hydrogens (tertiary/aromatic N) is 2. The van der Waals surface area contributed by atoms with E-state index < -0.39 is 0 Å². The van der Waals surface area contributed by atoms with Crippen LogP contribution in [0.2, 0.25) is 0 Å². The number of rotatable bonds is 3. The molecule has 3 heteroatoms. The molecule has 3 nitrogen and oxygen atoms in total. The zero-order chi connectivity index (χ0) is 13.9. The number of piperidine rings is 1. The Hall–Kier alpha value is -1.09. The average molecular weight is 261 g/mol. The van der Waals surface area contributed by atoms with Crippen molar-refractivity contribution in [3.05, 3.63) is 24.0 Å². The molecule has 0 aromatic carbocycles. The number of nitrogens with one attached hydrogen (secondary N) is 1. The molecule has 0 aliphatic carbocycles. The van der Waals surface area contributed by atoms with Crippen molar-refractivity contribution in [3.8, 4) is 0 Å². The second-order valence-electron chi connectivity index (χ2n) is 6.78. The fourth-order valence-corrected chi connectivity index (χ4v) is 2.46. The van der Waals surface area contributed by atoms with E-state index in [0.717, 1.165) is 25.6 Å². The van der Waals surface area contributed by atoms with Gasteiger partial charge in [0.1, 0.15) is 0 Å². The molecule has 0 saturated carbocycles. The highest BCUT2D eigenvalue weighted by Gasteiger charge is 2.19. The van der Waals surface area contributed by atoms with Crippen LogP contribution in [0.1, 0.15) is 46.1 Å². The molecule has 1 aromatic heterocycles. The van der Waals surface area contributed by atoms with E-state index in [4.69, 9.17) is 0 Å². The van der Waals surface area contributed by atoms with Crippen LogP contribution in [-0.2, 0) is 6.54 Å². The minimum atomic E-state index is 0.150. The number of hydrogen-bond acceptors (Lipinski definition) is 3. The Bertz CT molecular complexity index is 401. The standard InChI is InChI=1S/C16H27N3/c1-13-6-9-19(10-7-13)15-12-17-8-5-14(15)11-18-16(2,3)4/h5,8,12-13,18H,6-7,9-11H2,1-4H3. The molecule has 2 heterocycles. The third-order valence-electron chi connectivity index (χ3n) is 3.82. The van der Waals surface area contributed by atoms with Crippen molar-refractivity contribution in [1.82, 2.24) is 10.3 Å². The lowest BCUT2D eigenvalue weighted by atomic mass is 9.98. The van der Waals surface area contributed by atoms with Crippen LogP contribution in [0.15, 0.2) is 18.5 Å². The van der Waals surface area contributed by atoms with E-state index in [-0.39, 0.29) is 5.54 Å². The van der Waals surface area contributed by atoms with Crippen molar-refractivity contribution in [1.29, 1.82) is 0 Å². The molecule has 2 rings (SSSR count). The van der Waals surface area contributed by atoms with Gasteiger partial charge in [-0.3, -0.25) is 4.98 Å². The Morgan fingerprint density at radius 1 is 1.32 bits per heavy atom. The fraction of sp³-hybridized carbons (Fsp3) is 0.688. The van der Waals surface area contributed by atoms with Crippen LogP contribution in [-0.4, -0.2) is 23.6 Å². The van der Waals surface area contributed by atoms with E-state index >= 15 is 0 Å². The molecule has 0 spiro atoms. The summed E-state index contributed by atoms with van der Waals surface area (Å²) >= 11 is 0. The fourth-order valence-electron chi connectivity index (χ4n) is 2.46. The van der Waals surface area contributed by atoms with Crippen LogP contribution in [0.5, 0.6) is 0 Å². The van der Waals surface area contributed by atoms with Crippen LogP contribution < -0.4 is 10.2 Å². The van der Waals surface area contributed by atoms with Gasteiger partial charge in [-0.25, -0.2) is 0 Å². The van der Waals surface area contributed by atoms with Crippen molar-refractivity contribution in [3.63, 3.8) is 0 Å². The highest BCUT2D eigenvalue weighted by Crippen LogP contribution is 2.25. The second-order valence-corrected chi connectivity index (χ2v) is 6.78. The number of pyridine rings is 1. The summed E-state index contributed by atoms with van der Waals surface area (Å²) in [6, 6.07) is 2.14. The van der Waals surface area contributed by atoms with Gasteiger partial charge in [0.15, 0.2) is 0 Å². The van der Waals surface area contributed by atoms with Crippen molar-refractivity contribution in [2.45, 2.75) is 52.6 Å². The van der Waals surface area contributed by atoms with E-state index in [1.165, 1.54) is 24.1 Å². The predicted molar refractivity (Wildman–Crippen MR) is 81.4 cm³/mol. The number of hydrogen-bond donors (Lipinski definition) is 1. The zero-order valence-electron chi connectivity index (χ0n) is 12.7. The maximum Gasteiger partial charge on any atom is 0.0598 e. The van der Waals surface area contributed by atoms with Gasteiger partial charge in [0, 0.05) is 31.4 Å². The molecule has 1 aromatic rings. The molecule has 1 saturated heterocycles. The van der Waals surface area contributed by atoms with Crippen molar-refractivity contribution in [2.24, 2.45) is 5.92 Å². The van der Waals surface area contributed by atoms with Gasteiger partial charge in [-0.1, -0.05) is 6.92 Å². The van der Waals surface area contributed by atoms with Gasteiger partial charge in [-0.15, -0.1) is 0 Å². The Balaban J connectivity index is 2.08. The Morgan fingerprint density at radius 2 is 2.00 bits per heavy atom. The molecule has 0 bridgehead atoms. The highest BCUT2D eigenvalue weighted by molar-refractivity contribution is 5.52. The molecular formula is C16H27N3. The summed E-state index contributed by atoms with van der Waals surface area (Å²) < 4.78 is 0. The molecule has 19 heavy (non-hydrogen) atoms. The molecule has 0 amide bonds. The third kappa shape index (κ3) is 4.20. The Kier molecular flexibility index (Phi) is 4.46. The van der Waals surface area contributed by atoms with Gasteiger partial charge >= 0.3 is 0 Å². The van der Waals surface area contributed by atoms with E-state index in [1.54, 1.807) is 0 Å². The summed E-state index contributed by atoms with van der Waals surface area (Å²) in [7, 11) is 0. The summed E-state index contributed by atoms with van der Waals surface area (Å²) in [6.07, 6.45) is 6.51. The summed E-state index contributed by atoms with van der Waals surface area (Å²) in [4.78, 5) is 6.81. The maximum atomic E-state index is 4.31. The molecular weight excluding hydrogens is 234 g/mol. The molecule has 0 radical (unpaired) electrons. The van der Waals surface area contributed by atoms with Gasteiger partial charge in [0.05, 0.1) is 11.9 Å². The number of anilines is 1. The Morgan fingerprint density at radius 3 is 2.63 bits per heavy atom. The van der Waals surface area contributed by atoms with Crippen molar-refractivity contribution < 1.29 is 0 Å². The first-order valence-electron chi connectivity index (χ1n) is 7.38. The van der Waals surface area contributed by atoms with E-state index in [9.17, 15) is 0 Å². The minimum Gasteiger partial charge on any atom is -0.370 e. The SMILES string of the molecule is CC1CCN(c2cnccc2CNC(C)(C)C)CC1. The van der Waals surface area contributed by atoms with Crippen LogP contribution >= 0.6 is 0 Å². The van der Waals surface area contributed by atoms with Crippen LogP contribution in [0, 0.1) is 5.92 Å². The van der Waals surface area contributed by atoms with Gasteiger partial charge in [0.25, 0.3) is 0 Å². The topological polar surface area (TPSA) is 28.2 Å². The van der Waals surface area contributed by atoms with Crippen LogP contribution in [0.25, 0.3) is 0 Å². The van der Waals surface area contributed by atoms with Gasteiger partial charge < -0.3 is 10.2 Å². The largest absolute Gasteiger partial charge is 0.370 e. The lowest BCUT2D eigenvalue weighted by molar-refractivity contribution is 0.420. The minimum absolute atomic E-state index is 0.150. The lowest BCUT2D eigenvalue weighted by Crippen LogP contribution is -2.37. The van der Waals surface area contributed by atoms with Crippen molar-refractivity contribution >= 4 is 5.69 Å². The monoisotopic (exact) mass is 261 g/mol. The molecule has 1 fully saturated rings. The highest BCUT2D eigenvalue weighted by atomic mass is 15.1. The third-order valence-corrected chi connectivity index (χ3v) is 3.82. The van der Waals surface area contributed by atoms with E-state index in [2.05, 4.69) is 49.0 Å². The normalized spacial score (nSPS) is 17.8. The smallest absolute Gasteiger partial charge is 0.0598 e.